The molecule has 1 aliphatic rings. The molecule has 1 saturated heterocycles. The number of nitrogens with one attached hydrogen (secondary N) is 1. The lowest BCUT2D eigenvalue weighted by molar-refractivity contribution is 0.184. The van der Waals surface area contributed by atoms with Crippen LogP contribution in [-0.4, -0.2) is 28.0 Å². The van der Waals surface area contributed by atoms with E-state index in [1.807, 2.05) is 59.7 Å². The number of hydrogen-bond donors (Lipinski definition) is 1. The highest BCUT2D eigenvalue weighted by atomic mass is 35.5. The SMILES string of the molecule is Clc1cccc(Cl)c1-c1ccc2cnc(Nc3cnn([C@@H]4CCOC4)c3)cc2c1. The molecule has 0 amide bonds. The van der Waals surface area contributed by atoms with Crippen molar-refractivity contribution in [2.75, 3.05) is 18.5 Å². The quantitative estimate of drug-likeness (QED) is 0.429. The minimum absolute atomic E-state index is 0.304. The average molecular weight is 425 g/mol. The van der Waals surface area contributed by atoms with Crippen LogP contribution in [0.1, 0.15) is 12.5 Å². The molecule has 0 saturated carbocycles. The first kappa shape index (κ1) is 18.4. The lowest BCUT2D eigenvalue weighted by Crippen LogP contribution is -2.08. The molecule has 0 bridgehead atoms. The highest BCUT2D eigenvalue weighted by Gasteiger charge is 2.18. The number of pyridine rings is 1. The first-order valence-corrected chi connectivity index (χ1v) is 10.2. The lowest BCUT2D eigenvalue weighted by atomic mass is 10.0. The zero-order valence-corrected chi connectivity index (χ0v) is 17.0. The fraction of sp³-hybridized carbons (Fsp3) is 0.182. The van der Waals surface area contributed by atoms with Gasteiger partial charge in [-0.05, 0) is 41.6 Å². The second-order valence-electron chi connectivity index (χ2n) is 7.08. The molecule has 5 nitrogen and oxygen atoms in total. The van der Waals surface area contributed by atoms with E-state index in [9.17, 15) is 0 Å². The van der Waals surface area contributed by atoms with Crippen molar-refractivity contribution in [1.82, 2.24) is 14.8 Å². The summed E-state index contributed by atoms with van der Waals surface area (Å²) in [5.74, 6) is 0.752. The van der Waals surface area contributed by atoms with E-state index in [0.717, 1.165) is 46.4 Å². The van der Waals surface area contributed by atoms with Crippen LogP contribution in [0.5, 0.6) is 0 Å². The fourth-order valence-corrected chi connectivity index (χ4v) is 4.23. The fourth-order valence-electron chi connectivity index (χ4n) is 3.62. The summed E-state index contributed by atoms with van der Waals surface area (Å²) < 4.78 is 7.39. The van der Waals surface area contributed by atoms with E-state index in [2.05, 4.69) is 21.5 Å². The maximum atomic E-state index is 6.38. The second kappa shape index (κ2) is 7.67. The van der Waals surface area contributed by atoms with Crippen LogP contribution in [0.4, 0.5) is 11.5 Å². The highest BCUT2D eigenvalue weighted by molar-refractivity contribution is 6.39. The van der Waals surface area contributed by atoms with Crippen LogP contribution >= 0.6 is 23.2 Å². The van der Waals surface area contributed by atoms with Crippen molar-refractivity contribution in [2.24, 2.45) is 0 Å². The van der Waals surface area contributed by atoms with Crippen molar-refractivity contribution in [3.05, 3.63) is 71.1 Å². The molecule has 1 atom stereocenters. The first-order chi connectivity index (χ1) is 14.2. The summed E-state index contributed by atoms with van der Waals surface area (Å²) in [6, 6.07) is 14.0. The van der Waals surface area contributed by atoms with Crippen LogP contribution in [0.3, 0.4) is 0 Å². The topological polar surface area (TPSA) is 52.0 Å². The zero-order valence-electron chi connectivity index (χ0n) is 15.5. The number of rotatable bonds is 4. The summed E-state index contributed by atoms with van der Waals surface area (Å²) in [5, 5.41) is 11.1. The molecule has 29 heavy (non-hydrogen) atoms. The van der Waals surface area contributed by atoms with E-state index in [4.69, 9.17) is 27.9 Å². The van der Waals surface area contributed by atoms with Crippen LogP contribution in [0.15, 0.2) is 61.1 Å². The van der Waals surface area contributed by atoms with Crippen LogP contribution in [0.2, 0.25) is 10.0 Å². The number of hydrogen-bond acceptors (Lipinski definition) is 4. The Morgan fingerprint density at radius 3 is 2.69 bits per heavy atom. The molecular formula is C22H18Cl2N4O. The molecule has 0 aliphatic carbocycles. The minimum Gasteiger partial charge on any atom is -0.379 e. The Kier molecular flexibility index (Phi) is 4.87. The van der Waals surface area contributed by atoms with Gasteiger partial charge in [-0.2, -0.15) is 5.10 Å². The van der Waals surface area contributed by atoms with E-state index in [-0.39, 0.29) is 0 Å². The van der Waals surface area contributed by atoms with Gasteiger partial charge in [0.1, 0.15) is 5.82 Å². The Hall–Kier alpha value is -2.60. The predicted molar refractivity (Wildman–Crippen MR) is 117 cm³/mol. The summed E-state index contributed by atoms with van der Waals surface area (Å²) in [6.07, 6.45) is 6.64. The number of anilines is 2. The molecule has 0 spiro atoms. The molecule has 2 aromatic carbocycles. The van der Waals surface area contributed by atoms with Crippen molar-refractivity contribution in [3.63, 3.8) is 0 Å². The lowest BCUT2D eigenvalue weighted by Gasteiger charge is -2.10. The number of nitrogens with zero attached hydrogens (tertiary/aromatic N) is 3. The third kappa shape index (κ3) is 3.69. The van der Waals surface area contributed by atoms with Gasteiger partial charge in [0.2, 0.25) is 0 Å². The Labute approximate surface area is 178 Å². The molecule has 1 N–H and O–H groups in total. The first-order valence-electron chi connectivity index (χ1n) is 9.40. The van der Waals surface area contributed by atoms with E-state index in [1.165, 1.54) is 0 Å². The normalized spacial score (nSPS) is 16.4. The number of aromatic nitrogens is 3. The average Bonchev–Trinajstić information content (AvgIpc) is 3.39. The smallest absolute Gasteiger partial charge is 0.130 e. The summed E-state index contributed by atoms with van der Waals surface area (Å²) in [6.45, 7) is 1.50. The third-order valence-corrected chi connectivity index (χ3v) is 5.76. The standard InChI is InChI=1S/C22H18Cl2N4O/c23-19-2-1-3-20(24)22(19)14-4-5-15-10-25-21(9-16(15)8-14)27-17-11-26-28(12-17)18-6-7-29-13-18/h1-5,8-12,18H,6-7,13H2,(H,25,27)/t18-/m1/s1. The molecule has 0 unspecified atom stereocenters. The summed E-state index contributed by atoms with van der Waals surface area (Å²) in [5.41, 5.74) is 2.71. The predicted octanol–water partition coefficient (Wildman–Crippen LogP) is 6.11. The maximum Gasteiger partial charge on any atom is 0.130 e. The third-order valence-electron chi connectivity index (χ3n) is 5.13. The second-order valence-corrected chi connectivity index (χ2v) is 7.89. The van der Waals surface area contributed by atoms with Gasteiger partial charge < -0.3 is 10.1 Å². The number of benzene rings is 2. The van der Waals surface area contributed by atoms with Crippen molar-refractivity contribution in [1.29, 1.82) is 0 Å². The van der Waals surface area contributed by atoms with Crippen molar-refractivity contribution in [3.8, 4) is 11.1 Å². The molecule has 5 rings (SSSR count). The summed E-state index contributed by atoms with van der Waals surface area (Å²) in [7, 11) is 0. The number of halogens is 2. The molecule has 1 fully saturated rings. The maximum absolute atomic E-state index is 6.38. The van der Waals surface area contributed by atoms with Gasteiger partial charge in [-0.15, -0.1) is 0 Å². The van der Waals surface area contributed by atoms with Crippen molar-refractivity contribution >= 4 is 45.5 Å². The van der Waals surface area contributed by atoms with Crippen LogP contribution in [0.25, 0.3) is 21.9 Å². The minimum atomic E-state index is 0.304. The van der Waals surface area contributed by atoms with Gasteiger partial charge >= 0.3 is 0 Å². The van der Waals surface area contributed by atoms with Gasteiger partial charge in [0.25, 0.3) is 0 Å². The molecular weight excluding hydrogens is 407 g/mol. The van der Waals surface area contributed by atoms with Crippen LogP contribution in [-0.2, 0) is 4.74 Å². The molecule has 2 aromatic heterocycles. The van der Waals surface area contributed by atoms with Gasteiger partial charge in [0.05, 0.1) is 24.5 Å². The molecule has 3 heterocycles. The van der Waals surface area contributed by atoms with Gasteiger partial charge in [0, 0.05) is 40.0 Å². The van der Waals surface area contributed by atoms with E-state index >= 15 is 0 Å². The highest BCUT2D eigenvalue weighted by Crippen LogP contribution is 2.36. The van der Waals surface area contributed by atoms with Gasteiger partial charge in [0.15, 0.2) is 0 Å². The summed E-state index contributed by atoms with van der Waals surface area (Å²) in [4.78, 5) is 4.52. The number of ether oxygens (including phenoxy) is 1. The Morgan fingerprint density at radius 1 is 1.03 bits per heavy atom. The number of fused-ring (bicyclic) bond motifs is 1. The van der Waals surface area contributed by atoms with Gasteiger partial charge in [-0.1, -0.05) is 41.4 Å². The molecule has 0 radical (unpaired) electrons. The summed E-state index contributed by atoms with van der Waals surface area (Å²) >= 11 is 12.8. The van der Waals surface area contributed by atoms with E-state index in [0.29, 0.717) is 22.7 Å². The van der Waals surface area contributed by atoms with E-state index < -0.39 is 0 Å². The Balaban J connectivity index is 1.45. The Morgan fingerprint density at radius 2 is 1.90 bits per heavy atom. The van der Waals surface area contributed by atoms with Gasteiger partial charge in [-0.25, -0.2) is 4.98 Å². The molecule has 146 valence electrons. The van der Waals surface area contributed by atoms with Gasteiger partial charge in [-0.3, -0.25) is 4.68 Å². The van der Waals surface area contributed by atoms with E-state index in [1.54, 1.807) is 0 Å². The largest absolute Gasteiger partial charge is 0.379 e. The molecule has 1 aliphatic heterocycles. The van der Waals surface area contributed by atoms with Crippen molar-refractivity contribution in [2.45, 2.75) is 12.5 Å². The van der Waals surface area contributed by atoms with Crippen molar-refractivity contribution < 1.29 is 4.74 Å². The molecule has 4 aromatic rings. The van der Waals surface area contributed by atoms with Crippen LogP contribution < -0.4 is 5.32 Å². The van der Waals surface area contributed by atoms with Crippen LogP contribution in [0, 0.1) is 0 Å². The molecule has 7 heteroatoms. The monoisotopic (exact) mass is 424 g/mol. The zero-order chi connectivity index (χ0) is 19.8. The Bertz CT molecular complexity index is 1160.